The number of rotatable bonds is 3. The van der Waals surface area contributed by atoms with Gasteiger partial charge < -0.3 is 0 Å². The van der Waals surface area contributed by atoms with Gasteiger partial charge in [-0.05, 0) is 29.7 Å². The number of benzene rings is 3. The van der Waals surface area contributed by atoms with Crippen molar-refractivity contribution in [3.8, 4) is 16.9 Å². The molecule has 5 aromatic rings. The van der Waals surface area contributed by atoms with Crippen LogP contribution < -0.4 is 5.56 Å². The molecule has 0 N–H and O–H groups in total. The van der Waals surface area contributed by atoms with E-state index < -0.39 is 4.92 Å². The first-order valence-electron chi connectivity index (χ1n) is 9.38. The number of non-ortho nitro benzene ring substituents is 1. The number of hydrogen-bond donors (Lipinski definition) is 0. The Hall–Kier alpha value is -4.32. The molecule has 30 heavy (non-hydrogen) atoms. The predicted octanol–water partition coefficient (Wildman–Crippen LogP) is 5.11. The number of nitro groups is 1. The fourth-order valence-electron chi connectivity index (χ4n) is 3.82. The van der Waals surface area contributed by atoms with E-state index in [1.54, 1.807) is 22.9 Å². The molecule has 0 radical (unpaired) electrons. The van der Waals surface area contributed by atoms with Crippen LogP contribution in [0, 0.1) is 10.1 Å². The van der Waals surface area contributed by atoms with E-state index in [2.05, 4.69) is 4.98 Å². The van der Waals surface area contributed by atoms with Gasteiger partial charge in [0.2, 0.25) is 0 Å². The lowest BCUT2D eigenvalue weighted by atomic mass is 10.00. The van der Waals surface area contributed by atoms with Crippen LogP contribution in [-0.2, 0) is 0 Å². The number of hydrogen-bond acceptors (Lipinski definition) is 4. The Morgan fingerprint density at radius 1 is 0.833 bits per heavy atom. The van der Waals surface area contributed by atoms with Crippen molar-refractivity contribution in [1.82, 2.24) is 9.55 Å². The normalized spacial score (nSPS) is 11.1. The minimum absolute atomic E-state index is 0.122. The first-order chi connectivity index (χ1) is 14.6. The van der Waals surface area contributed by atoms with Gasteiger partial charge in [0.15, 0.2) is 0 Å². The van der Waals surface area contributed by atoms with Crippen molar-refractivity contribution in [2.75, 3.05) is 0 Å². The molecule has 2 aromatic heterocycles. The highest BCUT2D eigenvalue weighted by atomic mass is 16.6. The average Bonchev–Trinajstić information content (AvgIpc) is 2.80. The summed E-state index contributed by atoms with van der Waals surface area (Å²) in [4.78, 5) is 28.9. The predicted molar refractivity (Wildman–Crippen MR) is 117 cm³/mol. The zero-order valence-electron chi connectivity index (χ0n) is 15.7. The van der Waals surface area contributed by atoms with Crippen LogP contribution in [0.15, 0.2) is 95.9 Å². The summed E-state index contributed by atoms with van der Waals surface area (Å²) in [5, 5.41) is 13.0. The fourth-order valence-corrected chi connectivity index (χ4v) is 3.82. The van der Waals surface area contributed by atoms with Crippen molar-refractivity contribution in [3.05, 3.63) is 112 Å². The Morgan fingerprint density at radius 3 is 2.23 bits per heavy atom. The van der Waals surface area contributed by atoms with Crippen molar-refractivity contribution in [2.45, 2.75) is 0 Å². The maximum atomic E-state index is 13.5. The SMILES string of the molecule is O=c1c2cc([N+](=O)[O-])ccc2c2c(-c3ccccc3)nccc2n1-c1ccccc1. The van der Waals surface area contributed by atoms with Gasteiger partial charge >= 0.3 is 0 Å². The highest BCUT2D eigenvalue weighted by Gasteiger charge is 2.18. The second-order valence-electron chi connectivity index (χ2n) is 6.88. The molecule has 0 aliphatic rings. The van der Waals surface area contributed by atoms with E-state index in [1.807, 2.05) is 60.7 Å². The smallest absolute Gasteiger partial charge is 0.270 e. The van der Waals surface area contributed by atoms with Gasteiger partial charge in [0.25, 0.3) is 11.2 Å². The second-order valence-corrected chi connectivity index (χ2v) is 6.88. The molecular weight excluding hydrogens is 378 g/mol. The Balaban J connectivity index is 2.02. The van der Waals surface area contributed by atoms with Crippen LogP contribution in [0.2, 0.25) is 0 Å². The van der Waals surface area contributed by atoms with Gasteiger partial charge in [0, 0.05) is 35.0 Å². The quantitative estimate of drug-likeness (QED) is 0.242. The number of nitrogens with zero attached hydrogens (tertiary/aromatic N) is 3. The summed E-state index contributed by atoms with van der Waals surface area (Å²) in [6.07, 6.45) is 1.68. The van der Waals surface area contributed by atoms with E-state index in [0.717, 1.165) is 16.6 Å². The molecule has 5 rings (SSSR count). The van der Waals surface area contributed by atoms with Crippen LogP contribution in [-0.4, -0.2) is 14.5 Å². The molecule has 0 aliphatic heterocycles. The summed E-state index contributed by atoms with van der Waals surface area (Å²) in [6.45, 7) is 0. The Bertz CT molecular complexity index is 1480. The topological polar surface area (TPSA) is 78.0 Å². The van der Waals surface area contributed by atoms with Crippen LogP contribution in [0.1, 0.15) is 0 Å². The first kappa shape index (κ1) is 17.8. The van der Waals surface area contributed by atoms with Gasteiger partial charge in [-0.15, -0.1) is 0 Å². The van der Waals surface area contributed by atoms with Crippen LogP contribution in [0.25, 0.3) is 38.6 Å². The lowest BCUT2D eigenvalue weighted by Crippen LogP contribution is -2.19. The maximum absolute atomic E-state index is 13.5. The van der Waals surface area contributed by atoms with Crippen LogP contribution in [0.5, 0.6) is 0 Å². The van der Waals surface area contributed by atoms with Crippen LogP contribution >= 0.6 is 0 Å². The molecule has 0 bridgehead atoms. The van der Waals surface area contributed by atoms with Crippen LogP contribution in [0.3, 0.4) is 0 Å². The highest BCUT2D eigenvalue weighted by molar-refractivity contribution is 6.12. The largest absolute Gasteiger partial charge is 0.276 e. The zero-order chi connectivity index (χ0) is 20.7. The minimum Gasteiger partial charge on any atom is -0.276 e. The Kier molecular flexibility index (Phi) is 4.10. The summed E-state index contributed by atoms with van der Waals surface area (Å²) >= 11 is 0. The van der Waals surface area contributed by atoms with Gasteiger partial charge in [-0.1, -0.05) is 48.5 Å². The summed E-state index contributed by atoms with van der Waals surface area (Å²) in [6, 6.07) is 25.2. The van der Waals surface area contributed by atoms with Gasteiger partial charge in [0.05, 0.1) is 21.5 Å². The fraction of sp³-hybridized carbons (Fsp3) is 0. The third-order valence-electron chi connectivity index (χ3n) is 5.15. The summed E-state index contributed by atoms with van der Waals surface area (Å²) < 4.78 is 1.59. The summed E-state index contributed by atoms with van der Waals surface area (Å²) in [7, 11) is 0. The lowest BCUT2D eigenvalue weighted by molar-refractivity contribution is -0.384. The molecule has 0 fully saturated rings. The molecule has 0 saturated carbocycles. The molecular formula is C24H15N3O3. The van der Waals surface area contributed by atoms with Crippen molar-refractivity contribution >= 4 is 27.4 Å². The number of pyridine rings is 2. The molecule has 3 aromatic carbocycles. The summed E-state index contributed by atoms with van der Waals surface area (Å²) in [5.74, 6) is 0. The molecule has 0 aliphatic carbocycles. The first-order valence-corrected chi connectivity index (χ1v) is 9.38. The van der Waals surface area contributed by atoms with E-state index in [1.165, 1.54) is 12.1 Å². The van der Waals surface area contributed by atoms with Crippen LogP contribution in [0.4, 0.5) is 5.69 Å². The van der Waals surface area contributed by atoms with E-state index in [-0.39, 0.29) is 16.6 Å². The van der Waals surface area contributed by atoms with E-state index in [9.17, 15) is 14.9 Å². The Labute approximate surface area is 170 Å². The third-order valence-corrected chi connectivity index (χ3v) is 5.15. The van der Waals surface area contributed by atoms with Gasteiger partial charge in [0.1, 0.15) is 0 Å². The molecule has 2 heterocycles. The number of fused-ring (bicyclic) bond motifs is 3. The minimum atomic E-state index is -0.489. The molecule has 0 unspecified atom stereocenters. The molecule has 144 valence electrons. The monoisotopic (exact) mass is 393 g/mol. The van der Waals surface area contributed by atoms with Crippen molar-refractivity contribution < 1.29 is 4.92 Å². The van der Waals surface area contributed by atoms with E-state index >= 15 is 0 Å². The number of para-hydroxylation sites is 1. The van der Waals surface area contributed by atoms with Crippen molar-refractivity contribution in [1.29, 1.82) is 0 Å². The Morgan fingerprint density at radius 2 is 1.53 bits per heavy atom. The second kappa shape index (κ2) is 6.93. The molecule has 0 saturated heterocycles. The zero-order valence-corrected chi connectivity index (χ0v) is 15.7. The summed E-state index contributed by atoms with van der Waals surface area (Å²) in [5.41, 5.74) is 2.58. The van der Waals surface area contributed by atoms with Crippen molar-refractivity contribution in [3.63, 3.8) is 0 Å². The molecule has 6 nitrogen and oxygen atoms in total. The maximum Gasteiger partial charge on any atom is 0.270 e. The standard InChI is InChI=1S/C24H15N3O3/c28-24-20-15-18(27(29)30)11-12-19(20)22-21(26(24)17-9-5-2-6-10-17)13-14-25-23(22)16-7-3-1-4-8-16/h1-15H. The van der Waals surface area contributed by atoms with E-state index in [4.69, 9.17) is 0 Å². The van der Waals surface area contributed by atoms with Gasteiger partial charge in [-0.3, -0.25) is 24.5 Å². The molecule has 0 atom stereocenters. The lowest BCUT2D eigenvalue weighted by Gasteiger charge is -2.15. The van der Waals surface area contributed by atoms with E-state index in [0.29, 0.717) is 16.6 Å². The van der Waals surface area contributed by atoms with Crippen molar-refractivity contribution in [2.24, 2.45) is 0 Å². The average molecular weight is 393 g/mol. The third kappa shape index (κ3) is 2.74. The highest BCUT2D eigenvalue weighted by Crippen LogP contribution is 2.33. The molecule has 0 spiro atoms. The van der Waals surface area contributed by atoms with Gasteiger partial charge in [-0.2, -0.15) is 0 Å². The van der Waals surface area contributed by atoms with Gasteiger partial charge in [-0.25, -0.2) is 0 Å². The molecule has 0 amide bonds. The number of aromatic nitrogens is 2. The molecule has 6 heteroatoms. The number of nitro benzene ring substituents is 1.